The predicted octanol–water partition coefficient (Wildman–Crippen LogP) is 1.27. The van der Waals surface area contributed by atoms with Crippen molar-refractivity contribution in [3.63, 3.8) is 0 Å². The van der Waals surface area contributed by atoms with E-state index in [0.29, 0.717) is 19.4 Å². The highest BCUT2D eigenvalue weighted by atomic mass is 16.5. The zero-order valence-electron chi connectivity index (χ0n) is 12.4. The number of H-pyrrole nitrogens is 1. The first kappa shape index (κ1) is 14.6. The van der Waals surface area contributed by atoms with Crippen molar-refractivity contribution < 1.29 is 14.3 Å². The van der Waals surface area contributed by atoms with Crippen LogP contribution in [0.25, 0.3) is 0 Å². The van der Waals surface area contributed by atoms with E-state index in [4.69, 9.17) is 4.74 Å². The van der Waals surface area contributed by atoms with Gasteiger partial charge in [0.05, 0.1) is 31.4 Å². The lowest BCUT2D eigenvalue weighted by molar-refractivity contribution is -0.154. The first-order valence-electron chi connectivity index (χ1n) is 6.70. The molecule has 1 N–H and O–H groups in total. The fourth-order valence-electron chi connectivity index (χ4n) is 2.40. The fraction of sp³-hybridized carbons (Fsp3) is 0.643. The summed E-state index contributed by atoms with van der Waals surface area (Å²) in [5.74, 6) is -0.422. The summed E-state index contributed by atoms with van der Waals surface area (Å²) in [5.41, 5.74) is 1.61. The molecule has 2 heterocycles. The van der Waals surface area contributed by atoms with Gasteiger partial charge in [0.1, 0.15) is 6.04 Å². The summed E-state index contributed by atoms with van der Waals surface area (Å²) in [4.78, 5) is 33.2. The van der Waals surface area contributed by atoms with Gasteiger partial charge in [-0.2, -0.15) is 0 Å². The summed E-state index contributed by atoms with van der Waals surface area (Å²) >= 11 is 0. The predicted molar refractivity (Wildman–Crippen MR) is 72.7 cm³/mol. The third kappa shape index (κ3) is 3.00. The third-order valence-electron chi connectivity index (χ3n) is 3.37. The van der Waals surface area contributed by atoms with Crippen LogP contribution in [0.1, 0.15) is 38.6 Å². The third-order valence-corrected chi connectivity index (χ3v) is 3.37. The molecule has 1 atom stereocenters. The Morgan fingerprint density at radius 3 is 2.80 bits per heavy atom. The van der Waals surface area contributed by atoms with Crippen molar-refractivity contribution in [2.45, 2.75) is 46.2 Å². The number of aromatic nitrogens is 2. The Balaban J connectivity index is 2.24. The minimum absolute atomic E-state index is 0.0341. The second-order valence-electron chi connectivity index (χ2n) is 6.33. The van der Waals surface area contributed by atoms with Gasteiger partial charge in [-0.05, 0) is 5.41 Å². The molecule has 0 fully saturated rings. The number of methoxy groups -OCH3 is 1. The summed E-state index contributed by atoms with van der Waals surface area (Å²) in [5, 5.41) is 0. The monoisotopic (exact) mass is 279 g/mol. The summed E-state index contributed by atoms with van der Waals surface area (Å²) < 4.78 is 4.82. The highest BCUT2D eigenvalue weighted by Crippen LogP contribution is 2.26. The van der Waals surface area contributed by atoms with Crippen LogP contribution in [0, 0.1) is 5.41 Å². The second-order valence-corrected chi connectivity index (χ2v) is 6.33. The molecule has 1 aromatic heterocycles. The Morgan fingerprint density at radius 2 is 2.20 bits per heavy atom. The number of fused-ring (bicyclic) bond motifs is 1. The summed E-state index contributed by atoms with van der Waals surface area (Å²) in [6.45, 7) is 6.39. The van der Waals surface area contributed by atoms with Gasteiger partial charge in [-0.1, -0.05) is 20.8 Å². The Morgan fingerprint density at radius 1 is 1.50 bits per heavy atom. The van der Waals surface area contributed by atoms with Crippen LogP contribution in [-0.4, -0.2) is 39.9 Å². The molecule has 0 saturated heterocycles. The number of hydrogen-bond acceptors (Lipinski definition) is 4. The maximum absolute atomic E-state index is 12.5. The van der Waals surface area contributed by atoms with E-state index in [-0.39, 0.29) is 17.3 Å². The summed E-state index contributed by atoms with van der Waals surface area (Å²) in [7, 11) is 1.34. The molecule has 0 bridgehead atoms. The first-order valence-corrected chi connectivity index (χ1v) is 6.70. The molecule has 110 valence electrons. The minimum Gasteiger partial charge on any atom is -0.467 e. The Hall–Kier alpha value is -1.85. The minimum atomic E-state index is -0.578. The smallest absolute Gasteiger partial charge is 0.329 e. The first-order chi connectivity index (χ1) is 9.31. The number of aromatic amines is 1. The summed E-state index contributed by atoms with van der Waals surface area (Å²) in [6.07, 6.45) is 2.39. The number of carbonyl (C=O) groups excluding carboxylic acids is 2. The molecule has 1 amide bonds. The highest BCUT2D eigenvalue weighted by molar-refractivity contribution is 5.85. The highest BCUT2D eigenvalue weighted by Gasteiger charge is 2.37. The molecule has 0 aliphatic carbocycles. The average Bonchev–Trinajstić information content (AvgIpc) is 2.81. The molecule has 6 heteroatoms. The largest absolute Gasteiger partial charge is 0.467 e. The van der Waals surface area contributed by atoms with Crippen molar-refractivity contribution in [2.24, 2.45) is 5.41 Å². The van der Waals surface area contributed by atoms with E-state index < -0.39 is 6.04 Å². The molecule has 1 unspecified atom stereocenters. The normalized spacial score (nSPS) is 18.6. The van der Waals surface area contributed by atoms with Crippen LogP contribution in [0.2, 0.25) is 0 Å². The number of hydrogen-bond donors (Lipinski definition) is 1. The number of carbonyl (C=O) groups is 2. The molecule has 2 rings (SSSR count). The Bertz CT molecular complexity index is 516. The maximum Gasteiger partial charge on any atom is 0.329 e. The van der Waals surface area contributed by atoms with Crippen LogP contribution >= 0.6 is 0 Å². The molecular weight excluding hydrogens is 258 g/mol. The van der Waals surface area contributed by atoms with E-state index >= 15 is 0 Å². The van der Waals surface area contributed by atoms with Gasteiger partial charge in [-0.3, -0.25) is 4.79 Å². The van der Waals surface area contributed by atoms with Crippen LogP contribution in [0.3, 0.4) is 0 Å². The van der Waals surface area contributed by atoms with E-state index in [1.807, 2.05) is 20.8 Å². The van der Waals surface area contributed by atoms with E-state index in [1.165, 1.54) is 7.11 Å². The number of ether oxygens (including phenoxy) is 1. The van der Waals surface area contributed by atoms with Crippen molar-refractivity contribution in [3.8, 4) is 0 Å². The number of rotatable bonds is 2. The van der Waals surface area contributed by atoms with Crippen LogP contribution in [0.5, 0.6) is 0 Å². The molecule has 0 aromatic carbocycles. The van der Waals surface area contributed by atoms with Crippen molar-refractivity contribution >= 4 is 11.9 Å². The van der Waals surface area contributed by atoms with Crippen LogP contribution in [0.15, 0.2) is 6.33 Å². The van der Waals surface area contributed by atoms with E-state index in [2.05, 4.69) is 9.97 Å². The molecule has 1 aliphatic rings. The SMILES string of the molecule is COC(=O)C1Cc2nc[nH]c2CN1C(=O)CC(C)(C)C. The lowest BCUT2D eigenvalue weighted by atomic mass is 9.90. The van der Waals surface area contributed by atoms with Gasteiger partial charge in [0.25, 0.3) is 0 Å². The maximum atomic E-state index is 12.5. The standard InChI is InChI=1S/C14H21N3O3/c1-14(2,3)6-12(18)17-7-10-9(15-8-16-10)5-11(17)13(19)20-4/h8,11H,5-7H2,1-4H3,(H,15,16). The van der Waals surface area contributed by atoms with Crippen molar-refractivity contribution in [1.29, 1.82) is 0 Å². The molecule has 20 heavy (non-hydrogen) atoms. The number of imidazole rings is 1. The zero-order valence-corrected chi connectivity index (χ0v) is 12.4. The van der Waals surface area contributed by atoms with Crippen LogP contribution in [-0.2, 0) is 27.3 Å². The average molecular weight is 279 g/mol. The van der Waals surface area contributed by atoms with Gasteiger partial charge >= 0.3 is 5.97 Å². The molecule has 0 saturated carbocycles. The number of nitrogens with one attached hydrogen (secondary N) is 1. The number of esters is 1. The lowest BCUT2D eigenvalue weighted by Gasteiger charge is -2.34. The van der Waals surface area contributed by atoms with Gasteiger partial charge in [-0.25, -0.2) is 9.78 Å². The van der Waals surface area contributed by atoms with Gasteiger partial charge in [-0.15, -0.1) is 0 Å². The quantitative estimate of drug-likeness (QED) is 0.827. The molecule has 6 nitrogen and oxygen atoms in total. The zero-order chi connectivity index (χ0) is 14.9. The fourth-order valence-corrected chi connectivity index (χ4v) is 2.40. The lowest BCUT2D eigenvalue weighted by Crippen LogP contribution is -2.49. The van der Waals surface area contributed by atoms with Crippen LogP contribution in [0.4, 0.5) is 0 Å². The Kier molecular flexibility index (Phi) is 3.83. The Labute approximate surface area is 118 Å². The number of nitrogens with zero attached hydrogens (tertiary/aromatic N) is 2. The van der Waals surface area contributed by atoms with Crippen molar-refractivity contribution in [1.82, 2.24) is 14.9 Å². The van der Waals surface area contributed by atoms with E-state index in [1.54, 1.807) is 11.2 Å². The molecule has 1 aliphatic heterocycles. The topological polar surface area (TPSA) is 75.3 Å². The molecule has 0 radical (unpaired) electrons. The molecule has 1 aromatic rings. The van der Waals surface area contributed by atoms with E-state index in [0.717, 1.165) is 11.4 Å². The van der Waals surface area contributed by atoms with Crippen LogP contribution < -0.4 is 0 Å². The molecule has 0 spiro atoms. The number of amides is 1. The molecular formula is C14H21N3O3. The van der Waals surface area contributed by atoms with Crippen molar-refractivity contribution in [2.75, 3.05) is 7.11 Å². The second kappa shape index (κ2) is 5.26. The van der Waals surface area contributed by atoms with Crippen molar-refractivity contribution in [3.05, 3.63) is 17.7 Å². The van der Waals surface area contributed by atoms with Gasteiger partial charge in [0.15, 0.2) is 0 Å². The summed E-state index contributed by atoms with van der Waals surface area (Å²) in [6, 6.07) is -0.578. The van der Waals surface area contributed by atoms with Gasteiger partial charge < -0.3 is 14.6 Å². The van der Waals surface area contributed by atoms with E-state index in [9.17, 15) is 9.59 Å². The van der Waals surface area contributed by atoms with Gasteiger partial charge in [0, 0.05) is 12.8 Å². The van der Waals surface area contributed by atoms with Gasteiger partial charge in [0.2, 0.25) is 5.91 Å².